The van der Waals surface area contributed by atoms with E-state index in [-0.39, 0.29) is 29.8 Å². The Hall–Kier alpha value is -2.71. The molecule has 1 aromatic carbocycles. The number of nitrogens with one attached hydrogen (secondary N) is 1. The van der Waals surface area contributed by atoms with Crippen molar-refractivity contribution in [1.29, 1.82) is 0 Å². The molecule has 2 N–H and O–H groups in total. The molecule has 9 heteroatoms. The van der Waals surface area contributed by atoms with E-state index < -0.39 is 23.9 Å². The lowest BCUT2D eigenvalue weighted by atomic mass is 9.81. The molecule has 0 radical (unpaired) electrons. The molecule has 1 heterocycles. The molecule has 0 unspecified atom stereocenters. The maximum Gasteiger partial charge on any atom is 0.573 e. The van der Waals surface area contributed by atoms with Gasteiger partial charge < -0.3 is 20.1 Å². The number of nitrogens with zero attached hydrogens (tertiary/aromatic N) is 1. The first-order chi connectivity index (χ1) is 13.1. The minimum absolute atomic E-state index is 0.0617. The van der Waals surface area contributed by atoms with Gasteiger partial charge in [0, 0.05) is 13.1 Å². The van der Waals surface area contributed by atoms with Crippen LogP contribution in [0.3, 0.4) is 0 Å². The number of aliphatic hydroxyl groups is 1. The molecule has 1 aliphatic carbocycles. The van der Waals surface area contributed by atoms with E-state index in [1.807, 2.05) is 0 Å². The number of aliphatic hydroxyl groups excluding tert-OH is 1. The summed E-state index contributed by atoms with van der Waals surface area (Å²) in [5.74, 6) is -1.71. The number of likely N-dealkylation sites (N-methyl/N-ethyl adjacent to an activating group) is 1. The molecule has 1 saturated carbocycles. The van der Waals surface area contributed by atoms with Crippen molar-refractivity contribution < 1.29 is 32.6 Å². The Bertz CT molecular complexity index is 799. The summed E-state index contributed by atoms with van der Waals surface area (Å²) in [6, 6.07) is 5.87. The Balaban J connectivity index is 1.56. The van der Waals surface area contributed by atoms with Gasteiger partial charge in [-0.3, -0.25) is 9.59 Å². The van der Waals surface area contributed by atoms with Crippen LogP contribution in [0.5, 0.6) is 5.75 Å². The Morgan fingerprint density at radius 1 is 1.25 bits per heavy atom. The molecule has 2 amide bonds. The molecule has 0 bridgehead atoms. The standard InChI is InChI=1S/C19H21F3N2O4/c1-24-10-15(16(25)18(24)27)17(26)23-13-7-5-11(6-8-13)12-3-2-4-14(9-12)28-19(20,21)22/h2-4,9,11,13,25H,5-8,10H2,1H3,(H,23,26)/t11-,13+. The van der Waals surface area contributed by atoms with Gasteiger partial charge in [0.25, 0.3) is 11.8 Å². The molecular weight excluding hydrogens is 377 g/mol. The van der Waals surface area contributed by atoms with Gasteiger partial charge in [-0.25, -0.2) is 0 Å². The zero-order chi connectivity index (χ0) is 20.5. The van der Waals surface area contributed by atoms with E-state index in [9.17, 15) is 27.9 Å². The molecule has 1 fully saturated rings. The molecule has 6 nitrogen and oxygen atoms in total. The third kappa shape index (κ3) is 4.58. The van der Waals surface area contributed by atoms with Crippen LogP contribution < -0.4 is 10.1 Å². The lowest BCUT2D eigenvalue weighted by molar-refractivity contribution is -0.274. The molecule has 0 spiro atoms. The van der Waals surface area contributed by atoms with Crippen LogP contribution in [0.1, 0.15) is 37.2 Å². The van der Waals surface area contributed by atoms with Crippen molar-refractivity contribution in [2.24, 2.45) is 0 Å². The first-order valence-corrected chi connectivity index (χ1v) is 8.98. The average Bonchev–Trinajstić information content (AvgIpc) is 2.89. The van der Waals surface area contributed by atoms with Crippen molar-refractivity contribution in [3.05, 3.63) is 41.2 Å². The smallest absolute Gasteiger partial charge is 0.503 e. The fraction of sp³-hybridized carbons (Fsp3) is 0.474. The number of benzene rings is 1. The number of carbonyl (C=O) groups excluding carboxylic acids is 2. The number of hydrogen-bond acceptors (Lipinski definition) is 4. The highest BCUT2D eigenvalue weighted by Crippen LogP contribution is 2.35. The summed E-state index contributed by atoms with van der Waals surface area (Å²) >= 11 is 0. The van der Waals surface area contributed by atoms with E-state index in [1.54, 1.807) is 6.07 Å². The van der Waals surface area contributed by atoms with Crippen molar-refractivity contribution in [2.45, 2.75) is 44.0 Å². The van der Waals surface area contributed by atoms with Gasteiger partial charge in [-0.1, -0.05) is 12.1 Å². The van der Waals surface area contributed by atoms with E-state index in [4.69, 9.17) is 0 Å². The molecule has 3 rings (SSSR count). The van der Waals surface area contributed by atoms with Gasteiger partial charge in [-0.05, 0) is 49.3 Å². The summed E-state index contributed by atoms with van der Waals surface area (Å²) < 4.78 is 41.1. The van der Waals surface area contributed by atoms with E-state index in [0.717, 1.165) is 5.56 Å². The Morgan fingerprint density at radius 3 is 2.50 bits per heavy atom. The molecule has 152 valence electrons. The molecule has 28 heavy (non-hydrogen) atoms. The number of hydrogen-bond donors (Lipinski definition) is 2. The zero-order valence-corrected chi connectivity index (χ0v) is 15.3. The lowest BCUT2D eigenvalue weighted by Gasteiger charge is -2.29. The predicted octanol–water partition coefficient (Wildman–Crippen LogP) is 3.01. The number of carbonyl (C=O) groups is 2. The molecule has 2 aliphatic rings. The molecule has 1 aliphatic heterocycles. The second-order valence-electron chi connectivity index (χ2n) is 7.13. The first-order valence-electron chi connectivity index (χ1n) is 8.98. The van der Waals surface area contributed by atoms with Crippen LogP contribution in [0, 0.1) is 0 Å². The van der Waals surface area contributed by atoms with E-state index in [2.05, 4.69) is 10.1 Å². The maximum absolute atomic E-state index is 12.4. The van der Waals surface area contributed by atoms with Gasteiger partial charge in [0.15, 0.2) is 5.76 Å². The van der Waals surface area contributed by atoms with E-state index in [1.165, 1.54) is 30.1 Å². The predicted molar refractivity (Wildman–Crippen MR) is 93.6 cm³/mol. The summed E-state index contributed by atoms with van der Waals surface area (Å²) in [6.45, 7) is 0.0673. The molecule has 0 saturated heterocycles. The number of alkyl halides is 3. The molecule has 0 atom stereocenters. The quantitative estimate of drug-likeness (QED) is 0.817. The van der Waals surface area contributed by atoms with Crippen LogP contribution in [-0.2, 0) is 9.59 Å². The summed E-state index contributed by atoms with van der Waals surface area (Å²) in [5.41, 5.74) is 0.835. The minimum atomic E-state index is -4.73. The summed E-state index contributed by atoms with van der Waals surface area (Å²) in [7, 11) is 1.50. The fourth-order valence-electron chi connectivity index (χ4n) is 3.68. The lowest BCUT2D eigenvalue weighted by Crippen LogP contribution is -2.39. The van der Waals surface area contributed by atoms with E-state index in [0.29, 0.717) is 25.7 Å². The van der Waals surface area contributed by atoms with Gasteiger partial charge in [0.2, 0.25) is 0 Å². The average molecular weight is 398 g/mol. The minimum Gasteiger partial charge on any atom is -0.503 e. The van der Waals surface area contributed by atoms with Crippen LogP contribution in [-0.4, -0.2) is 47.8 Å². The second-order valence-corrected chi connectivity index (χ2v) is 7.13. The summed E-state index contributed by atoms with van der Waals surface area (Å²) in [6.07, 6.45) is -2.03. The van der Waals surface area contributed by atoms with Crippen LogP contribution in [0.15, 0.2) is 35.6 Å². The third-order valence-corrected chi connectivity index (χ3v) is 5.13. The topological polar surface area (TPSA) is 78.9 Å². The highest BCUT2D eigenvalue weighted by atomic mass is 19.4. The molecule has 0 aromatic heterocycles. The fourth-order valence-corrected chi connectivity index (χ4v) is 3.68. The normalized spacial score (nSPS) is 23.1. The van der Waals surface area contributed by atoms with Crippen molar-refractivity contribution >= 4 is 11.8 Å². The van der Waals surface area contributed by atoms with Crippen molar-refractivity contribution in [2.75, 3.05) is 13.6 Å². The van der Waals surface area contributed by atoms with Crippen LogP contribution in [0.4, 0.5) is 13.2 Å². The maximum atomic E-state index is 12.4. The number of rotatable bonds is 4. The summed E-state index contributed by atoms with van der Waals surface area (Å²) in [4.78, 5) is 25.2. The third-order valence-electron chi connectivity index (χ3n) is 5.13. The highest BCUT2D eigenvalue weighted by Gasteiger charge is 2.34. The van der Waals surface area contributed by atoms with Crippen molar-refractivity contribution in [1.82, 2.24) is 10.2 Å². The highest BCUT2D eigenvalue weighted by molar-refractivity contribution is 6.06. The SMILES string of the molecule is CN1CC(C(=O)N[C@H]2CC[C@@H](c3cccc(OC(F)(F)F)c3)CC2)=C(O)C1=O. The number of amides is 2. The number of halogens is 3. The second kappa shape index (κ2) is 7.73. The van der Waals surface area contributed by atoms with Gasteiger partial charge >= 0.3 is 6.36 Å². The Kier molecular flexibility index (Phi) is 5.53. The summed E-state index contributed by atoms with van der Waals surface area (Å²) in [5, 5.41) is 12.6. The number of ether oxygens (including phenoxy) is 1. The Morgan fingerprint density at radius 2 is 1.93 bits per heavy atom. The molecule has 1 aromatic rings. The molecular formula is C19H21F3N2O4. The zero-order valence-electron chi connectivity index (χ0n) is 15.3. The van der Waals surface area contributed by atoms with Crippen LogP contribution in [0.2, 0.25) is 0 Å². The van der Waals surface area contributed by atoms with Crippen LogP contribution in [0.25, 0.3) is 0 Å². The first kappa shape index (κ1) is 20.0. The van der Waals surface area contributed by atoms with E-state index >= 15 is 0 Å². The Labute approximate surface area is 160 Å². The van der Waals surface area contributed by atoms with Crippen molar-refractivity contribution in [3.63, 3.8) is 0 Å². The van der Waals surface area contributed by atoms with Crippen molar-refractivity contribution in [3.8, 4) is 5.75 Å². The van der Waals surface area contributed by atoms with Gasteiger partial charge in [0.1, 0.15) is 5.75 Å². The monoisotopic (exact) mass is 398 g/mol. The van der Waals surface area contributed by atoms with Gasteiger partial charge in [-0.2, -0.15) is 0 Å². The van der Waals surface area contributed by atoms with Crippen LogP contribution >= 0.6 is 0 Å². The van der Waals surface area contributed by atoms with Gasteiger partial charge in [-0.15, -0.1) is 13.2 Å². The van der Waals surface area contributed by atoms with Gasteiger partial charge in [0.05, 0.1) is 12.1 Å². The largest absolute Gasteiger partial charge is 0.573 e.